The molecule has 26 heavy (non-hydrogen) atoms. The summed E-state index contributed by atoms with van der Waals surface area (Å²) in [7, 11) is 0. The van der Waals surface area contributed by atoms with Gasteiger partial charge in [0, 0.05) is 11.6 Å². The topological polar surface area (TPSA) is 55.7 Å². The van der Waals surface area contributed by atoms with E-state index in [1.54, 1.807) is 47.6 Å². The van der Waals surface area contributed by atoms with E-state index < -0.39 is 0 Å². The largest absolute Gasteiger partial charge is 0.463 e. The van der Waals surface area contributed by atoms with Crippen LogP contribution in [-0.4, -0.2) is 15.9 Å². The lowest BCUT2D eigenvalue weighted by molar-refractivity contribution is 0.575. The molecule has 0 saturated carbocycles. The molecule has 5 nitrogen and oxygen atoms in total. The number of hydrogen-bond donors (Lipinski definition) is 0. The van der Waals surface area contributed by atoms with E-state index in [1.165, 1.54) is 17.4 Å². The maximum atomic E-state index is 14.0. The van der Waals surface area contributed by atoms with Crippen LogP contribution in [-0.2, 0) is 0 Å². The third kappa shape index (κ3) is 3.38. The highest BCUT2D eigenvalue weighted by Crippen LogP contribution is 2.22. The predicted molar refractivity (Wildman–Crippen MR) is 98.9 cm³/mol. The van der Waals surface area contributed by atoms with Crippen molar-refractivity contribution in [3.63, 3.8) is 0 Å². The van der Waals surface area contributed by atoms with Gasteiger partial charge in [0.2, 0.25) is 4.80 Å². The van der Waals surface area contributed by atoms with Gasteiger partial charge in [-0.3, -0.25) is 4.98 Å². The quantitative estimate of drug-likeness (QED) is 0.502. The molecule has 0 radical (unpaired) electrons. The first-order valence-corrected chi connectivity index (χ1v) is 8.68. The van der Waals surface area contributed by atoms with Crippen molar-refractivity contribution in [1.29, 1.82) is 0 Å². The van der Waals surface area contributed by atoms with Gasteiger partial charge >= 0.3 is 0 Å². The summed E-state index contributed by atoms with van der Waals surface area (Å²) in [6, 6.07) is 15.6. The molecule has 0 unspecified atom stereocenters. The van der Waals surface area contributed by atoms with Gasteiger partial charge in [0.05, 0.1) is 18.2 Å². The van der Waals surface area contributed by atoms with Crippen molar-refractivity contribution in [1.82, 2.24) is 9.66 Å². The van der Waals surface area contributed by atoms with Gasteiger partial charge < -0.3 is 4.42 Å². The number of para-hydroxylation sites is 1. The third-order valence-corrected chi connectivity index (χ3v) is 4.34. The van der Waals surface area contributed by atoms with Gasteiger partial charge in [-0.25, -0.2) is 14.1 Å². The zero-order valence-electron chi connectivity index (χ0n) is 13.5. The first-order valence-electron chi connectivity index (χ1n) is 7.80. The maximum Gasteiger partial charge on any atom is 0.211 e. The maximum absolute atomic E-state index is 14.0. The molecule has 0 aliphatic rings. The molecule has 0 spiro atoms. The van der Waals surface area contributed by atoms with Crippen LogP contribution in [0.25, 0.3) is 11.5 Å². The van der Waals surface area contributed by atoms with E-state index in [-0.39, 0.29) is 11.5 Å². The van der Waals surface area contributed by atoms with Gasteiger partial charge in [-0.15, -0.1) is 11.3 Å². The van der Waals surface area contributed by atoms with Gasteiger partial charge in [0.25, 0.3) is 0 Å². The summed E-state index contributed by atoms with van der Waals surface area (Å²) in [6.45, 7) is 0. The standard InChI is InChI=1S/C19H13FN4OS/c20-15-7-1-2-8-16(15)23-19-24(22-12-14-6-3-4-10-21-14)17(13-26-19)18-9-5-11-25-18/h1-13H. The Morgan fingerprint density at radius 3 is 2.73 bits per heavy atom. The molecular weight excluding hydrogens is 351 g/mol. The molecule has 7 heteroatoms. The smallest absolute Gasteiger partial charge is 0.211 e. The van der Waals surface area contributed by atoms with E-state index in [0.29, 0.717) is 16.3 Å². The minimum absolute atomic E-state index is 0.252. The van der Waals surface area contributed by atoms with Crippen molar-refractivity contribution in [2.24, 2.45) is 10.1 Å². The Bertz CT molecular complexity index is 1100. The Morgan fingerprint density at radius 1 is 1.08 bits per heavy atom. The molecule has 0 amide bonds. The van der Waals surface area contributed by atoms with Gasteiger partial charge in [0.15, 0.2) is 5.76 Å². The molecule has 0 fully saturated rings. The van der Waals surface area contributed by atoms with E-state index in [2.05, 4.69) is 15.1 Å². The van der Waals surface area contributed by atoms with Crippen LogP contribution in [0, 0.1) is 5.82 Å². The molecule has 0 aliphatic carbocycles. The van der Waals surface area contributed by atoms with E-state index in [1.807, 2.05) is 29.6 Å². The van der Waals surface area contributed by atoms with Gasteiger partial charge in [0.1, 0.15) is 17.2 Å². The summed E-state index contributed by atoms with van der Waals surface area (Å²) in [5.74, 6) is 0.259. The number of aromatic nitrogens is 2. The lowest BCUT2D eigenvalue weighted by Gasteiger charge is -2.01. The van der Waals surface area contributed by atoms with E-state index in [9.17, 15) is 4.39 Å². The van der Waals surface area contributed by atoms with Crippen molar-refractivity contribution >= 4 is 23.2 Å². The molecular formula is C19H13FN4OS. The second kappa shape index (κ2) is 7.28. The number of pyridine rings is 1. The zero-order valence-corrected chi connectivity index (χ0v) is 14.3. The van der Waals surface area contributed by atoms with Crippen LogP contribution in [0.2, 0.25) is 0 Å². The highest BCUT2D eigenvalue weighted by molar-refractivity contribution is 7.07. The zero-order chi connectivity index (χ0) is 17.8. The van der Waals surface area contributed by atoms with Crippen LogP contribution >= 0.6 is 11.3 Å². The molecule has 4 aromatic rings. The SMILES string of the molecule is Fc1ccccc1N=c1scc(-c2ccco2)n1N=Cc1ccccn1. The molecule has 0 saturated heterocycles. The monoisotopic (exact) mass is 364 g/mol. The molecule has 0 aliphatic heterocycles. The van der Waals surface area contributed by atoms with Crippen LogP contribution in [0.5, 0.6) is 0 Å². The lowest BCUT2D eigenvalue weighted by atomic mass is 10.3. The summed E-state index contributed by atoms with van der Waals surface area (Å²) in [4.78, 5) is 9.16. The first-order chi connectivity index (χ1) is 12.8. The van der Waals surface area contributed by atoms with Crippen LogP contribution in [0.4, 0.5) is 10.1 Å². The normalized spacial score (nSPS) is 12.1. The van der Waals surface area contributed by atoms with Gasteiger partial charge in [-0.05, 0) is 36.4 Å². The minimum atomic E-state index is -0.388. The molecule has 1 aromatic carbocycles. The second-order valence-corrected chi connectivity index (χ2v) is 6.09. The van der Waals surface area contributed by atoms with Crippen molar-refractivity contribution in [2.75, 3.05) is 0 Å². The highest BCUT2D eigenvalue weighted by Gasteiger charge is 2.10. The Balaban J connectivity index is 1.85. The Kier molecular flexibility index (Phi) is 4.53. The Morgan fingerprint density at radius 2 is 1.96 bits per heavy atom. The first kappa shape index (κ1) is 16.2. The number of benzene rings is 1. The Labute approximate surface area is 152 Å². The number of rotatable bonds is 4. The van der Waals surface area contributed by atoms with Crippen molar-refractivity contribution in [3.8, 4) is 11.5 Å². The van der Waals surface area contributed by atoms with Gasteiger partial charge in [-0.1, -0.05) is 18.2 Å². The minimum Gasteiger partial charge on any atom is -0.463 e. The highest BCUT2D eigenvalue weighted by atomic mass is 32.1. The average molecular weight is 364 g/mol. The van der Waals surface area contributed by atoms with Crippen molar-refractivity contribution in [3.05, 3.63) is 88.7 Å². The number of thiazole rings is 1. The average Bonchev–Trinajstić information content (AvgIpc) is 3.32. The molecule has 0 atom stereocenters. The lowest BCUT2D eigenvalue weighted by Crippen LogP contribution is -2.11. The second-order valence-electron chi connectivity index (χ2n) is 5.26. The van der Waals surface area contributed by atoms with Crippen LogP contribution in [0.1, 0.15) is 5.69 Å². The summed E-state index contributed by atoms with van der Waals surface area (Å²) >= 11 is 1.35. The molecule has 3 aromatic heterocycles. The van der Waals surface area contributed by atoms with E-state index in [0.717, 1.165) is 5.69 Å². The predicted octanol–water partition coefficient (Wildman–Crippen LogP) is 4.46. The van der Waals surface area contributed by atoms with Crippen molar-refractivity contribution in [2.45, 2.75) is 0 Å². The van der Waals surface area contributed by atoms with E-state index >= 15 is 0 Å². The van der Waals surface area contributed by atoms with Crippen LogP contribution in [0.15, 0.2) is 86.9 Å². The number of furan rings is 1. The fraction of sp³-hybridized carbons (Fsp3) is 0. The molecule has 3 heterocycles. The summed E-state index contributed by atoms with van der Waals surface area (Å²) in [6.07, 6.45) is 4.91. The van der Waals surface area contributed by atoms with Crippen LogP contribution < -0.4 is 4.80 Å². The molecule has 4 rings (SSSR count). The summed E-state index contributed by atoms with van der Waals surface area (Å²) in [5.41, 5.74) is 1.68. The van der Waals surface area contributed by atoms with E-state index in [4.69, 9.17) is 4.42 Å². The Hall–Kier alpha value is -3.32. The fourth-order valence-electron chi connectivity index (χ4n) is 2.30. The van der Waals surface area contributed by atoms with Crippen LogP contribution in [0.3, 0.4) is 0 Å². The van der Waals surface area contributed by atoms with Gasteiger partial charge in [-0.2, -0.15) is 5.10 Å². The third-order valence-electron chi connectivity index (χ3n) is 3.52. The number of halogens is 1. The molecule has 128 valence electrons. The summed E-state index contributed by atoms with van der Waals surface area (Å²) < 4.78 is 21.1. The number of nitrogens with zero attached hydrogens (tertiary/aromatic N) is 4. The fourth-order valence-corrected chi connectivity index (χ4v) is 3.13. The van der Waals surface area contributed by atoms with Crippen molar-refractivity contribution < 1.29 is 8.81 Å². The molecule has 0 bridgehead atoms. The summed E-state index contributed by atoms with van der Waals surface area (Å²) in [5, 5.41) is 6.35. The molecule has 0 N–H and O–H groups in total. The number of hydrogen-bond acceptors (Lipinski definition) is 5.